The normalized spacial score (nSPS) is 16.9. The van der Waals surface area contributed by atoms with Crippen molar-refractivity contribution in [2.45, 2.75) is 20.0 Å². The lowest BCUT2D eigenvalue weighted by Crippen LogP contribution is -2.33. The molecule has 1 aromatic carbocycles. The van der Waals surface area contributed by atoms with Crippen LogP contribution in [0.1, 0.15) is 12.7 Å². The maximum atomic E-state index is 12.1. The van der Waals surface area contributed by atoms with Crippen LogP contribution in [0.4, 0.5) is 10.5 Å². The van der Waals surface area contributed by atoms with Gasteiger partial charge in [-0.25, -0.2) is 4.79 Å². The molecule has 1 atom stereocenters. The maximum absolute atomic E-state index is 12.1. The molecular weight excluding hydrogens is 371 g/mol. The Hall–Kier alpha value is -2.32. The van der Waals surface area contributed by atoms with Crippen LogP contribution in [0.5, 0.6) is 0 Å². The van der Waals surface area contributed by atoms with Gasteiger partial charge in [-0.2, -0.15) is 4.98 Å². The van der Waals surface area contributed by atoms with Crippen molar-refractivity contribution in [3.63, 3.8) is 0 Å². The SMILES string of the molecule is CC(=O)NCC1CN(c2cc(Cl)c(-c3nc(C)no3)c(Cl)c2)C(=O)O1. The fourth-order valence-electron chi connectivity index (χ4n) is 2.41. The lowest BCUT2D eigenvalue weighted by molar-refractivity contribution is -0.119. The van der Waals surface area contributed by atoms with Crippen LogP contribution in [0, 0.1) is 6.92 Å². The third-order valence-corrected chi connectivity index (χ3v) is 4.13. The molecule has 1 N–H and O–H groups in total. The zero-order chi connectivity index (χ0) is 18.1. The molecule has 1 aliphatic rings. The summed E-state index contributed by atoms with van der Waals surface area (Å²) < 4.78 is 10.3. The van der Waals surface area contributed by atoms with Gasteiger partial charge in [0.2, 0.25) is 5.91 Å². The number of cyclic esters (lactones) is 1. The Labute approximate surface area is 153 Å². The van der Waals surface area contributed by atoms with E-state index in [4.69, 9.17) is 32.5 Å². The minimum Gasteiger partial charge on any atom is -0.442 e. The second-order valence-electron chi connectivity index (χ2n) is 5.48. The summed E-state index contributed by atoms with van der Waals surface area (Å²) in [5, 5.41) is 6.86. The molecule has 10 heteroatoms. The predicted octanol–water partition coefficient (Wildman–Crippen LogP) is 2.81. The number of hydrogen-bond donors (Lipinski definition) is 1. The number of aromatic nitrogens is 2. The number of hydrogen-bond acceptors (Lipinski definition) is 6. The number of nitrogens with one attached hydrogen (secondary N) is 1. The highest BCUT2D eigenvalue weighted by Gasteiger charge is 2.33. The molecule has 2 aromatic rings. The van der Waals surface area contributed by atoms with E-state index in [0.29, 0.717) is 17.1 Å². The highest BCUT2D eigenvalue weighted by Crippen LogP contribution is 2.38. The fraction of sp³-hybridized carbons (Fsp3) is 0.333. The smallest absolute Gasteiger partial charge is 0.414 e. The van der Waals surface area contributed by atoms with Crippen molar-refractivity contribution in [2.75, 3.05) is 18.0 Å². The third-order valence-electron chi connectivity index (χ3n) is 3.53. The molecule has 2 amide bonds. The van der Waals surface area contributed by atoms with Gasteiger partial charge in [0, 0.05) is 6.92 Å². The molecular formula is C15H14Cl2N4O4. The average Bonchev–Trinajstić information content (AvgIpc) is 3.10. The lowest BCUT2D eigenvalue weighted by Gasteiger charge is -2.15. The highest BCUT2D eigenvalue weighted by atomic mass is 35.5. The molecule has 0 radical (unpaired) electrons. The molecule has 0 bridgehead atoms. The second-order valence-corrected chi connectivity index (χ2v) is 6.30. The number of anilines is 1. The molecule has 8 nitrogen and oxygen atoms in total. The molecule has 132 valence electrons. The Balaban J connectivity index is 1.84. The summed E-state index contributed by atoms with van der Waals surface area (Å²) >= 11 is 12.6. The molecule has 2 heterocycles. The van der Waals surface area contributed by atoms with E-state index < -0.39 is 12.2 Å². The third kappa shape index (κ3) is 3.69. The van der Waals surface area contributed by atoms with Gasteiger partial charge in [-0.3, -0.25) is 9.69 Å². The minimum absolute atomic E-state index is 0.195. The van der Waals surface area contributed by atoms with Crippen LogP contribution in [-0.4, -0.2) is 41.3 Å². The van der Waals surface area contributed by atoms with Crippen molar-refractivity contribution < 1.29 is 18.8 Å². The number of rotatable bonds is 4. The van der Waals surface area contributed by atoms with E-state index in [2.05, 4.69) is 15.5 Å². The summed E-state index contributed by atoms with van der Waals surface area (Å²) in [6.45, 7) is 3.58. The zero-order valence-electron chi connectivity index (χ0n) is 13.4. The molecule has 1 aliphatic heterocycles. The summed E-state index contributed by atoms with van der Waals surface area (Å²) in [6, 6.07) is 3.15. The van der Waals surface area contributed by atoms with Gasteiger partial charge < -0.3 is 14.6 Å². The number of amides is 2. The van der Waals surface area contributed by atoms with E-state index in [1.807, 2.05) is 0 Å². The first-order valence-electron chi connectivity index (χ1n) is 7.37. The van der Waals surface area contributed by atoms with E-state index in [9.17, 15) is 9.59 Å². The summed E-state index contributed by atoms with van der Waals surface area (Å²) in [6.07, 6.45) is -0.990. The largest absolute Gasteiger partial charge is 0.442 e. The number of carbonyl (C=O) groups is 2. The first-order chi connectivity index (χ1) is 11.8. The number of halogens is 2. The van der Waals surface area contributed by atoms with E-state index in [0.717, 1.165) is 0 Å². The average molecular weight is 385 g/mol. The summed E-state index contributed by atoms with van der Waals surface area (Å²) in [5.74, 6) is 0.460. The summed E-state index contributed by atoms with van der Waals surface area (Å²) in [4.78, 5) is 28.6. The Bertz CT molecular complexity index is 816. The highest BCUT2D eigenvalue weighted by molar-refractivity contribution is 6.39. The monoisotopic (exact) mass is 384 g/mol. The molecule has 0 aliphatic carbocycles. The van der Waals surface area contributed by atoms with Crippen molar-refractivity contribution in [3.8, 4) is 11.5 Å². The van der Waals surface area contributed by atoms with Crippen molar-refractivity contribution in [3.05, 3.63) is 28.0 Å². The first-order valence-corrected chi connectivity index (χ1v) is 8.13. The summed E-state index contributed by atoms with van der Waals surface area (Å²) in [7, 11) is 0. The minimum atomic E-state index is -0.538. The van der Waals surface area contributed by atoms with Gasteiger partial charge in [-0.1, -0.05) is 28.4 Å². The van der Waals surface area contributed by atoms with E-state index >= 15 is 0 Å². The Kier molecular flexibility index (Phi) is 4.82. The quantitative estimate of drug-likeness (QED) is 0.869. The van der Waals surface area contributed by atoms with Crippen molar-refractivity contribution in [2.24, 2.45) is 0 Å². The molecule has 3 rings (SSSR count). The van der Waals surface area contributed by atoms with Crippen LogP contribution in [0.2, 0.25) is 10.0 Å². The molecule has 1 unspecified atom stereocenters. The molecule has 1 fully saturated rings. The molecule has 1 aromatic heterocycles. The molecule has 1 saturated heterocycles. The van der Waals surface area contributed by atoms with Gasteiger partial charge in [0.1, 0.15) is 6.10 Å². The summed E-state index contributed by atoms with van der Waals surface area (Å²) in [5.41, 5.74) is 0.875. The number of benzene rings is 1. The van der Waals surface area contributed by atoms with Crippen LogP contribution in [0.3, 0.4) is 0 Å². The number of nitrogens with zero attached hydrogens (tertiary/aromatic N) is 3. The van der Waals surface area contributed by atoms with Crippen molar-refractivity contribution in [1.29, 1.82) is 0 Å². The van der Waals surface area contributed by atoms with Crippen molar-refractivity contribution >= 4 is 40.9 Å². The van der Waals surface area contributed by atoms with Gasteiger partial charge >= 0.3 is 6.09 Å². The van der Waals surface area contributed by atoms with Crippen LogP contribution in [-0.2, 0) is 9.53 Å². The van der Waals surface area contributed by atoms with Crippen LogP contribution in [0.15, 0.2) is 16.7 Å². The zero-order valence-corrected chi connectivity index (χ0v) is 14.9. The van der Waals surface area contributed by atoms with Crippen molar-refractivity contribution in [1.82, 2.24) is 15.5 Å². The Morgan fingerprint density at radius 1 is 1.40 bits per heavy atom. The van der Waals surface area contributed by atoms with Gasteiger partial charge in [-0.15, -0.1) is 0 Å². The van der Waals surface area contributed by atoms with Crippen LogP contribution < -0.4 is 10.2 Å². The maximum Gasteiger partial charge on any atom is 0.414 e. The molecule has 0 saturated carbocycles. The van der Waals surface area contributed by atoms with Gasteiger partial charge in [0.25, 0.3) is 5.89 Å². The van der Waals surface area contributed by atoms with Crippen LogP contribution >= 0.6 is 23.2 Å². The number of carbonyl (C=O) groups excluding carboxylic acids is 2. The van der Waals surface area contributed by atoms with E-state index in [-0.39, 0.29) is 34.9 Å². The van der Waals surface area contributed by atoms with E-state index in [1.54, 1.807) is 19.1 Å². The second kappa shape index (κ2) is 6.89. The predicted molar refractivity (Wildman–Crippen MR) is 90.8 cm³/mol. The molecule has 25 heavy (non-hydrogen) atoms. The van der Waals surface area contributed by atoms with Gasteiger partial charge in [0.15, 0.2) is 5.82 Å². The Morgan fingerprint density at radius 2 is 2.08 bits per heavy atom. The lowest BCUT2D eigenvalue weighted by atomic mass is 10.2. The van der Waals surface area contributed by atoms with Gasteiger partial charge in [-0.05, 0) is 19.1 Å². The first kappa shape index (κ1) is 17.5. The van der Waals surface area contributed by atoms with E-state index in [1.165, 1.54) is 11.8 Å². The standard InChI is InChI=1S/C15H14Cl2N4O4/c1-7-19-14(25-20-7)13-11(16)3-9(4-12(13)17)21-6-10(24-15(21)23)5-18-8(2)22/h3-4,10H,5-6H2,1-2H3,(H,18,22). The van der Waals surface area contributed by atoms with Gasteiger partial charge in [0.05, 0.1) is 34.4 Å². The topological polar surface area (TPSA) is 97.6 Å². The number of ether oxygens (including phenoxy) is 1. The molecule has 0 spiro atoms. The Morgan fingerprint density at radius 3 is 2.64 bits per heavy atom. The van der Waals surface area contributed by atoms with Crippen LogP contribution in [0.25, 0.3) is 11.5 Å². The number of aryl methyl sites for hydroxylation is 1. The fourth-order valence-corrected chi connectivity index (χ4v) is 3.05.